The molecule has 1 unspecified atom stereocenters. The topological polar surface area (TPSA) is 114 Å². The van der Waals surface area contributed by atoms with Crippen LogP contribution in [0, 0.1) is 0 Å². The van der Waals surface area contributed by atoms with Crippen LogP contribution in [0.3, 0.4) is 0 Å². The third kappa shape index (κ3) is 1.80. The van der Waals surface area contributed by atoms with Crippen molar-refractivity contribution in [1.82, 2.24) is 19.5 Å². The summed E-state index contributed by atoms with van der Waals surface area (Å²) in [6, 6.07) is 0. The zero-order chi connectivity index (χ0) is 14.5. The van der Waals surface area contributed by atoms with Gasteiger partial charge in [0.1, 0.15) is 29.7 Å². The summed E-state index contributed by atoms with van der Waals surface area (Å²) >= 11 is 5.91. The lowest BCUT2D eigenvalue weighted by molar-refractivity contribution is -0.0950. The maximum atomic E-state index is 10.4. The lowest BCUT2D eigenvalue weighted by Gasteiger charge is -2.27. The molecule has 0 radical (unpaired) electrons. The first-order valence-corrected chi connectivity index (χ1v) is 6.34. The SMILES string of the molecule is C[C@]1(O)C(O)[C@@H](CO)O[C@H]1n1cnc2c(Cl)ncnc21. The fraction of sp³-hybridized carbons (Fsp3) is 0.545. The smallest absolute Gasteiger partial charge is 0.168 e. The van der Waals surface area contributed by atoms with Gasteiger partial charge in [-0.1, -0.05) is 11.6 Å². The van der Waals surface area contributed by atoms with E-state index in [4.69, 9.17) is 16.3 Å². The molecule has 0 bridgehead atoms. The van der Waals surface area contributed by atoms with E-state index >= 15 is 0 Å². The molecule has 1 saturated heterocycles. The van der Waals surface area contributed by atoms with Crippen molar-refractivity contribution in [2.45, 2.75) is 31.0 Å². The van der Waals surface area contributed by atoms with Gasteiger partial charge in [-0.25, -0.2) is 15.0 Å². The van der Waals surface area contributed by atoms with Crippen molar-refractivity contribution >= 4 is 22.8 Å². The molecule has 2 aromatic rings. The number of ether oxygens (including phenoxy) is 1. The maximum Gasteiger partial charge on any atom is 0.168 e. The lowest BCUT2D eigenvalue weighted by Crippen LogP contribution is -2.44. The van der Waals surface area contributed by atoms with Crippen LogP contribution in [0.2, 0.25) is 5.15 Å². The van der Waals surface area contributed by atoms with Crippen molar-refractivity contribution in [3.05, 3.63) is 17.8 Å². The van der Waals surface area contributed by atoms with Crippen LogP contribution < -0.4 is 0 Å². The van der Waals surface area contributed by atoms with Crippen LogP contribution in [-0.2, 0) is 4.74 Å². The number of aromatic nitrogens is 4. The minimum absolute atomic E-state index is 0.186. The summed E-state index contributed by atoms with van der Waals surface area (Å²) in [7, 11) is 0. The average molecular weight is 301 g/mol. The number of nitrogens with zero attached hydrogens (tertiary/aromatic N) is 4. The van der Waals surface area contributed by atoms with Gasteiger partial charge in [0, 0.05) is 0 Å². The van der Waals surface area contributed by atoms with Crippen LogP contribution in [0.4, 0.5) is 0 Å². The summed E-state index contributed by atoms with van der Waals surface area (Å²) in [4.78, 5) is 11.9. The van der Waals surface area contributed by atoms with E-state index in [1.165, 1.54) is 24.1 Å². The Labute approximate surface area is 118 Å². The first-order chi connectivity index (χ1) is 9.46. The molecule has 1 fully saturated rings. The first-order valence-electron chi connectivity index (χ1n) is 5.96. The summed E-state index contributed by atoms with van der Waals surface area (Å²) in [6.45, 7) is 1.02. The molecular formula is C11H13ClN4O4. The van der Waals surface area contributed by atoms with Crippen LogP contribution in [0.15, 0.2) is 12.7 Å². The second-order valence-electron chi connectivity index (χ2n) is 4.87. The molecular weight excluding hydrogens is 288 g/mol. The molecule has 108 valence electrons. The van der Waals surface area contributed by atoms with Crippen LogP contribution in [0.5, 0.6) is 0 Å². The second-order valence-corrected chi connectivity index (χ2v) is 5.23. The van der Waals surface area contributed by atoms with Gasteiger partial charge in [-0.15, -0.1) is 0 Å². The summed E-state index contributed by atoms with van der Waals surface area (Å²) in [5.74, 6) is 0. The average Bonchev–Trinajstić information content (AvgIpc) is 2.92. The summed E-state index contributed by atoms with van der Waals surface area (Å²) < 4.78 is 6.96. The van der Waals surface area contributed by atoms with Crippen LogP contribution >= 0.6 is 11.6 Å². The van der Waals surface area contributed by atoms with Crippen LogP contribution in [0.25, 0.3) is 11.2 Å². The predicted molar refractivity (Wildman–Crippen MR) is 68.0 cm³/mol. The molecule has 0 spiro atoms. The lowest BCUT2D eigenvalue weighted by atomic mass is 9.96. The number of aliphatic hydroxyl groups is 3. The highest BCUT2D eigenvalue weighted by atomic mass is 35.5. The van der Waals surface area contributed by atoms with E-state index in [9.17, 15) is 15.3 Å². The monoisotopic (exact) mass is 300 g/mol. The van der Waals surface area contributed by atoms with Crippen LogP contribution in [0.1, 0.15) is 13.2 Å². The van der Waals surface area contributed by atoms with Gasteiger partial charge >= 0.3 is 0 Å². The fourth-order valence-electron chi connectivity index (χ4n) is 2.39. The Balaban J connectivity index is 2.10. The Morgan fingerprint density at radius 2 is 2.20 bits per heavy atom. The number of rotatable bonds is 2. The van der Waals surface area contributed by atoms with Gasteiger partial charge < -0.3 is 20.1 Å². The normalized spacial score (nSPS) is 34.0. The Morgan fingerprint density at radius 1 is 1.45 bits per heavy atom. The molecule has 3 N–H and O–H groups in total. The van der Waals surface area contributed by atoms with Crippen molar-refractivity contribution in [2.75, 3.05) is 6.61 Å². The number of aliphatic hydroxyl groups excluding tert-OH is 2. The van der Waals surface area contributed by atoms with Gasteiger partial charge in [0.05, 0.1) is 12.9 Å². The molecule has 9 heteroatoms. The van der Waals surface area contributed by atoms with Crippen molar-refractivity contribution in [2.24, 2.45) is 0 Å². The highest BCUT2D eigenvalue weighted by Gasteiger charge is 2.53. The van der Waals surface area contributed by atoms with Gasteiger partial charge in [0.2, 0.25) is 0 Å². The molecule has 20 heavy (non-hydrogen) atoms. The number of fused-ring (bicyclic) bond motifs is 1. The molecule has 0 amide bonds. The van der Waals surface area contributed by atoms with Crippen molar-refractivity contribution < 1.29 is 20.1 Å². The third-order valence-corrected chi connectivity index (χ3v) is 3.78. The molecule has 1 aliphatic rings. The van der Waals surface area contributed by atoms with E-state index in [0.717, 1.165) is 0 Å². The highest BCUT2D eigenvalue weighted by Crippen LogP contribution is 2.39. The highest BCUT2D eigenvalue weighted by molar-refractivity contribution is 6.33. The molecule has 8 nitrogen and oxygen atoms in total. The summed E-state index contributed by atoms with van der Waals surface area (Å²) in [6.07, 6.45) is -0.383. The van der Waals surface area contributed by atoms with Gasteiger partial charge in [0.25, 0.3) is 0 Å². The zero-order valence-corrected chi connectivity index (χ0v) is 11.3. The second kappa shape index (κ2) is 4.61. The van der Waals surface area contributed by atoms with Gasteiger partial charge in [-0.2, -0.15) is 0 Å². The molecule has 0 aliphatic carbocycles. The largest absolute Gasteiger partial charge is 0.394 e. The predicted octanol–water partition coefficient (Wildman–Crippen LogP) is -0.519. The first kappa shape index (κ1) is 13.7. The minimum Gasteiger partial charge on any atom is -0.394 e. The Bertz CT molecular complexity index is 646. The van der Waals surface area contributed by atoms with E-state index in [0.29, 0.717) is 11.2 Å². The Morgan fingerprint density at radius 3 is 2.85 bits per heavy atom. The summed E-state index contributed by atoms with van der Waals surface area (Å²) in [5, 5.41) is 29.8. The number of imidazole rings is 1. The van der Waals surface area contributed by atoms with Crippen molar-refractivity contribution in [3.63, 3.8) is 0 Å². The molecule has 1 aliphatic heterocycles. The fourth-order valence-corrected chi connectivity index (χ4v) is 2.56. The van der Waals surface area contributed by atoms with E-state index in [-0.39, 0.29) is 5.15 Å². The standard InChI is InChI=1S/C11H13ClN4O4/c1-11(19)7(18)5(2-17)20-10(11)16-4-15-6-8(12)13-3-14-9(6)16/h3-5,7,10,17-19H,2H2,1H3/t5-,7?,10-,11+/m1/s1. The van der Waals surface area contributed by atoms with Crippen molar-refractivity contribution in [1.29, 1.82) is 0 Å². The molecule has 3 rings (SSSR count). The van der Waals surface area contributed by atoms with Gasteiger partial charge in [-0.3, -0.25) is 4.57 Å². The molecule has 0 aromatic carbocycles. The molecule has 4 atom stereocenters. The van der Waals surface area contributed by atoms with E-state index in [1.54, 1.807) is 0 Å². The molecule has 0 saturated carbocycles. The number of hydrogen-bond acceptors (Lipinski definition) is 7. The quantitative estimate of drug-likeness (QED) is 0.640. The Kier molecular flexibility index (Phi) is 3.14. The maximum absolute atomic E-state index is 10.4. The van der Waals surface area contributed by atoms with Crippen molar-refractivity contribution in [3.8, 4) is 0 Å². The zero-order valence-electron chi connectivity index (χ0n) is 10.5. The molecule has 3 heterocycles. The molecule has 2 aromatic heterocycles. The number of hydrogen-bond donors (Lipinski definition) is 3. The van der Waals surface area contributed by atoms with Gasteiger partial charge in [0.15, 0.2) is 17.0 Å². The van der Waals surface area contributed by atoms with E-state index in [2.05, 4.69) is 15.0 Å². The number of halogens is 1. The minimum atomic E-state index is -1.60. The third-order valence-electron chi connectivity index (χ3n) is 3.50. The Hall–Kier alpha value is -1.32. The van der Waals surface area contributed by atoms with E-state index in [1.807, 2.05) is 0 Å². The van der Waals surface area contributed by atoms with Crippen LogP contribution in [-0.4, -0.2) is 59.3 Å². The van der Waals surface area contributed by atoms with Gasteiger partial charge in [-0.05, 0) is 6.92 Å². The summed E-state index contributed by atoms with van der Waals surface area (Å²) in [5.41, 5.74) is -0.852. The van der Waals surface area contributed by atoms with E-state index < -0.39 is 30.6 Å².